The van der Waals surface area contributed by atoms with Crippen molar-refractivity contribution < 1.29 is 19.1 Å². The summed E-state index contributed by atoms with van der Waals surface area (Å²) in [6.45, 7) is 10.2. The van der Waals surface area contributed by atoms with Gasteiger partial charge in [-0.15, -0.1) is 0 Å². The van der Waals surface area contributed by atoms with Gasteiger partial charge in [-0.2, -0.15) is 0 Å². The number of carbonyl (C=O) groups excluding carboxylic acids is 2. The van der Waals surface area contributed by atoms with E-state index in [1.54, 1.807) is 0 Å². The average Bonchev–Trinajstić information content (AvgIpc) is 3.35. The summed E-state index contributed by atoms with van der Waals surface area (Å²) in [7, 11) is 0. The van der Waals surface area contributed by atoms with Gasteiger partial charge in [-0.1, -0.05) is 27.7 Å². The Kier molecular flexibility index (Phi) is 2.92. The highest BCUT2D eigenvalue weighted by Crippen LogP contribution is 2.76. The molecule has 2 aliphatic heterocycles. The number of ether oxygens (including phenoxy) is 2. The van der Waals surface area contributed by atoms with Crippen molar-refractivity contribution in [3.8, 4) is 0 Å². The Bertz CT molecular complexity index is 750. The first-order valence-electron chi connectivity index (χ1n) is 11.0. The number of carbonyl (C=O) groups is 2. The molecular weight excluding hydrogens is 356 g/mol. The van der Waals surface area contributed by atoms with E-state index < -0.39 is 11.2 Å². The monoisotopic (exact) mass is 388 g/mol. The van der Waals surface area contributed by atoms with Crippen LogP contribution >= 0.6 is 0 Å². The number of hydrazine groups is 1. The van der Waals surface area contributed by atoms with Gasteiger partial charge >= 0.3 is 0 Å². The standard InChI is InChI=1S/C22H32N2O4/c1-17-11-27-21(9-13(17)5-7-19(17,21)3)15(25)23-24-16(26)22-10-14-6-8-20(22,4)18(14,2)12-28-22/h13-14H,5-12H2,1-4H3,(H,23,25)(H,24,26). The quantitative estimate of drug-likeness (QED) is 0.712. The first-order chi connectivity index (χ1) is 13.1. The Hall–Kier alpha value is -1.14. The third-order valence-corrected chi connectivity index (χ3v) is 11.4. The molecule has 6 fully saturated rings. The smallest absolute Gasteiger partial charge is 0.271 e. The summed E-state index contributed by atoms with van der Waals surface area (Å²) in [6.07, 6.45) is 5.91. The minimum absolute atomic E-state index is 0.0709. The molecule has 8 atom stereocenters. The van der Waals surface area contributed by atoms with Crippen LogP contribution in [0.3, 0.4) is 0 Å². The Morgan fingerprint density at radius 2 is 1.14 bits per heavy atom. The number of hydrogen-bond acceptors (Lipinski definition) is 4. The molecule has 2 amide bonds. The normalized spacial score (nSPS) is 59.9. The van der Waals surface area contributed by atoms with Gasteiger partial charge in [-0.3, -0.25) is 20.4 Å². The molecule has 0 aromatic carbocycles. The van der Waals surface area contributed by atoms with Gasteiger partial charge in [0.1, 0.15) is 0 Å². The lowest BCUT2D eigenvalue weighted by Crippen LogP contribution is -2.63. The van der Waals surface area contributed by atoms with Crippen LogP contribution in [0, 0.1) is 33.5 Å². The van der Waals surface area contributed by atoms with E-state index >= 15 is 0 Å². The van der Waals surface area contributed by atoms with Crippen LogP contribution in [0.4, 0.5) is 0 Å². The van der Waals surface area contributed by atoms with Gasteiger partial charge in [0.15, 0.2) is 11.2 Å². The summed E-state index contributed by atoms with van der Waals surface area (Å²) in [5.74, 6) is 0.712. The van der Waals surface area contributed by atoms with E-state index in [-0.39, 0.29) is 33.5 Å². The second-order valence-corrected chi connectivity index (χ2v) is 11.5. The van der Waals surface area contributed by atoms with Crippen molar-refractivity contribution in [1.29, 1.82) is 0 Å². The summed E-state index contributed by atoms with van der Waals surface area (Å²) in [5.41, 5.74) is 3.76. The average molecular weight is 389 g/mol. The Morgan fingerprint density at radius 1 is 0.750 bits per heavy atom. The van der Waals surface area contributed by atoms with Crippen molar-refractivity contribution in [3.05, 3.63) is 0 Å². The third kappa shape index (κ3) is 1.42. The predicted octanol–water partition coefficient (Wildman–Crippen LogP) is 2.32. The van der Waals surface area contributed by atoms with Crippen LogP contribution < -0.4 is 10.9 Å². The maximum Gasteiger partial charge on any atom is 0.271 e. The molecule has 0 aromatic rings. The number of rotatable bonds is 2. The molecule has 28 heavy (non-hydrogen) atoms. The minimum Gasteiger partial charge on any atom is -0.364 e. The topological polar surface area (TPSA) is 76.7 Å². The van der Waals surface area contributed by atoms with Crippen LogP contribution in [-0.2, 0) is 19.1 Å². The first-order valence-corrected chi connectivity index (χ1v) is 11.0. The van der Waals surface area contributed by atoms with E-state index in [1.807, 2.05) is 0 Å². The van der Waals surface area contributed by atoms with E-state index in [1.165, 1.54) is 12.8 Å². The van der Waals surface area contributed by atoms with Gasteiger partial charge in [-0.05, 0) is 50.4 Å². The molecule has 154 valence electrons. The molecule has 0 radical (unpaired) electrons. The lowest BCUT2D eigenvalue weighted by Gasteiger charge is -2.41. The zero-order valence-corrected chi connectivity index (χ0v) is 17.4. The van der Waals surface area contributed by atoms with E-state index in [0.717, 1.165) is 25.7 Å². The zero-order valence-electron chi connectivity index (χ0n) is 17.4. The van der Waals surface area contributed by atoms with Crippen LogP contribution in [0.5, 0.6) is 0 Å². The molecular formula is C22H32N2O4. The van der Waals surface area contributed by atoms with Crippen molar-refractivity contribution in [2.75, 3.05) is 13.2 Å². The van der Waals surface area contributed by atoms with Crippen molar-refractivity contribution in [3.63, 3.8) is 0 Å². The fourth-order valence-corrected chi connectivity index (χ4v) is 8.83. The lowest BCUT2D eigenvalue weighted by atomic mass is 9.66. The first kappa shape index (κ1) is 17.7. The van der Waals surface area contributed by atoms with Crippen molar-refractivity contribution in [2.24, 2.45) is 33.5 Å². The highest BCUT2D eigenvalue weighted by molar-refractivity contribution is 5.93. The van der Waals surface area contributed by atoms with E-state index in [2.05, 4.69) is 38.5 Å². The van der Waals surface area contributed by atoms with Gasteiger partial charge in [0.05, 0.1) is 13.2 Å². The molecule has 0 aromatic heterocycles. The Morgan fingerprint density at radius 3 is 1.46 bits per heavy atom. The molecule has 4 saturated carbocycles. The van der Waals surface area contributed by atoms with E-state index in [9.17, 15) is 9.59 Å². The van der Waals surface area contributed by atoms with Crippen LogP contribution in [0.2, 0.25) is 0 Å². The predicted molar refractivity (Wildman–Crippen MR) is 101 cm³/mol. The molecule has 4 aliphatic carbocycles. The SMILES string of the molecule is CC12COC3(C(=O)NNC(=O)C45CC6CCC4(C)C6(C)CO5)CC1CCC32C. The van der Waals surface area contributed by atoms with Crippen molar-refractivity contribution in [1.82, 2.24) is 10.9 Å². The van der Waals surface area contributed by atoms with Crippen LogP contribution in [0.15, 0.2) is 0 Å². The third-order valence-electron chi connectivity index (χ3n) is 11.4. The maximum atomic E-state index is 13.3. The van der Waals surface area contributed by atoms with Gasteiger partial charge in [-0.25, -0.2) is 0 Å². The fourth-order valence-electron chi connectivity index (χ4n) is 8.83. The van der Waals surface area contributed by atoms with Gasteiger partial charge in [0.25, 0.3) is 11.8 Å². The van der Waals surface area contributed by atoms with Crippen molar-refractivity contribution in [2.45, 2.75) is 77.4 Å². The highest BCUT2D eigenvalue weighted by atomic mass is 16.5. The number of hydrogen-bond donors (Lipinski definition) is 2. The fraction of sp³-hybridized carbons (Fsp3) is 0.909. The molecule has 2 heterocycles. The minimum atomic E-state index is -0.806. The van der Waals surface area contributed by atoms with Crippen LogP contribution in [0.1, 0.15) is 66.2 Å². The molecule has 6 nitrogen and oxygen atoms in total. The summed E-state index contributed by atoms with van der Waals surface area (Å²) in [4.78, 5) is 26.6. The summed E-state index contributed by atoms with van der Waals surface area (Å²) in [5, 5.41) is 0. The molecule has 8 unspecified atom stereocenters. The second kappa shape index (κ2) is 4.61. The van der Waals surface area contributed by atoms with Crippen LogP contribution in [-0.4, -0.2) is 36.2 Å². The zero-order chi connectivity index (χ0) is 19.8. The maximum absolute atomic E-state index is 13.3. The van der Waals surface area contributed by atoms with Crippen molar-refractivity contribution >= 4 is 11.8 Å². The summed E-state index contributed by atoms with van der Waals surface area (Å²) < 4.78 is 12.3. The molecule has 6 heteroatoms. The molecule has 0 spiro atoms. The van der Waals surface area contributed by atoms with E-state index in [4.69, 9.17) is 9.47 Å². The molecule has 2 saturated heterocycles. The summed E-state index contributed by atoms with van der Waals surface area (Å²) in [6, 6.07) is 0. The number of nitrogens with one attached hydrogen (secondary N) is 2. The molecule has 2 N–H and O–H groups in total. The van der Waals surface area contributed by atoms with Gasteiger partial charge in [0.2, 0.25) is 0 Å². The molecule has 6 aliphatic rings. The highest BCUT2D eigenvalue weighted by Gasteiger charge is 2.80. The molecule has 8 bridgehead atoms. The Labute approximate surface area is 166 Å². The molecule has 6 rings (SSSR count). The second-order valence-electron chi connectivity index (χ2n) is 11.5. The lowest BCUT2D eigenvalue weighted by molar-refractivity contribution is -0.164. The van der Waals surface area contributed by atoms with Gasteiger partial charge < -0.3 is 9.47 Å². The van der Waals surface area contributed by atoms with Gasteiger partial charge in [0, 0.05) is 21.7 Å². The Balaban J connectivity index is 1.22. The number of amides is 2. The van der Waals surface area contributed by atoms with Crippen LogP contribution in [0.25, 0.3) is 0 Å². The van der Waals surface area contributed by atoms with E-state index in [0.29, 0.717) is 25.0 Å². The largest absolute Gasteiger partial charge is 0.364 e. The summed E-state index contributed by atoms with van der Waals surface area (Å²) >= 11 is 0.